The highest BCUT2D eigenvalue weighted by atomic mass is 32.1. The molecule has 0 fully saturated rings. The molecule has 0 aliphatic heterocycles. The van der Waals surface area contributed by atoms with Crippen LogP contribution in [0.15, 0.2) is 18.2 Å². The second kappa shape index (κ2) is 3.87. The van der Waals surface area contributed by atoms with Gasteiger partial charge in [-0.2, -0.15) is 0 Å². The van der Waals surface area contributed by atoms with Crippen molar-refractivity contribution >= 4 is 11.3 Å². The minimum Gasteiger partial charge on any atom is -0.320 e. The van der Waals surface area contributed by atoms with E-state index in [0.717, 1.165) is 34.7 Å². The fraction of sp³-hybridized carbons (Fsp3) is 0.357. The lowest BCUT2D eigenvalue weighted by molar-refractivity contribution is 0.474. The highest BCUT2D eigenvalue weighted by Gasteiger charge is 2.29. The number of thiazole rings is 1. The molecule has 94 valence electrons. The molecule has 18 heavy (non-hydrogen) atoms. The summed E-state index contributed by atoms with van der Waals surface area (Å²) in [6.07, 6.45) is 1.63. The Labute approximate surface area is 110 Å². The molecule has 2 aromatic rings. The number of nitrogens with two attached hydrogens (primary N) is 1. The maximum absolute atomic E-state index is 13.2. The molecule has 0 saturated heterocycles. The minimum absolute atomic E-state index is 0.179. The molecule has 1 atom stereocenters. The van der Waals surface area contributed by atoms with Gasteiger partial charge in [0.2, 0.25) is 0 Å². The van der Waals surface area contributed by atoms with Crippen molar-refractivity contribution in [1.29, 1.82) is 0 Å². The normalized spacial score (nSPS) is 16.2. The van der Waals surface area contributed by atoms with Crippen LogP contribution < -0.4 is 5.73 Å². The van der Waals surface area contributed by atoms with E-state index in [1.807, 2.05) is 13.0 Å². The molecule has 1 aromatic carbocycles. The predicted molar refractivity (Wildman–Crippen MR) is 72.1 cm³/mol. The Balaban J connectivity index is 2.08. The molecule has 4 heteroatoms. The standard InChI is InChI=1S/C14H15FN2S/c1-3-14(2,16)13-17-12-10-5-4-9(15)6-8(10)7-11(12)18-13/h4-6H,3,7,16H2,1-2H3. The summed E-state index contributed by atoms with van der Waals surface area (Å²) in [6, 6.07) is 4.92. The molecule has 0 saturated carbocycles. The van der Waals surface area contributed by atoms with Crippen LogP contribution in [0.2, 0.25) is 0 Å². The van der Waals surface area contributed by atoms with Gasteiger partial charge in [0.25, 0.3) is 0 Å². The smallest absolute Gasteiger partial charge is 0.123 e. The van der Waals surface area contributed by atoms with E-state index in [1.165, 1.54) is 10.9 Å². The maximum Gasteiger partial charge on any atom is 0.123 e. The lowest BCUT2D eigenvalue weighted by Gasteiger charge is -2.19. The van der Waals surface area contributed by atoms with Crippen molar-refractivity contribution in [3.05, 3.63) is 39.5 Å². The largest absolute Gasteiger partial charge is 0.320 e. The Morgan fingerprint density at radius 3 is 3.00 bits per heavy atom. The molecule has 1 unspecified atom stereocenters. The van der Waals surface area contributed by atoms with E-state index in [2.05, 4.69) is 11.9 Å². The minimum atomic E-state index is -0.366. The Hall–Kier alpha value is -1.26. The van der Waals surface area contributed by atoms with Crippen LogP contribution in [0.3, 0.4) is 0 Å². The average molecular weight is 262 g/mol. The first-order valence-electron chi connectivity index (χ1n) is 6.09. The van der Waals surface area contributed by atoms with Gasteiger partial charge in [-0.25, -0.2) is 9.37 Å². The fourth-order valence-electron chi connectivity index (χ4n) is 2.19. The monoisotopic (exact) mass is 262 g/mol. The third kappa shape index (κ3) is 1.68. The molecular weight excluding hydrogens is 247 g/mol. The maximum atomic E-state index is 13.2. The van der Waals surface area contributed by atoms with Crippen molar-refractivity contribution in [2.75, 3.05) is 0 Å². The molecule has 1 aliphatic carbocycles. The van der Waals surface area contributed by atoms with E-state index >= 15 is 0 Å². The number of hydrogen-bond donors (Lipinski definition) is 1. The van der Waals surface area contributed by atoms with Gasteiger partial charge in [0.1, 0.15) is 10.8 Å². The summed E-state index contributed by atoms with van der Waals surface area (Å²) in [5, 5.41) is 0.977. The van der Waals surface area contributed by atoms with E-state index in [1.54, 1.807) is 17.4 Å². The van der Waals surface area contributed by atoms with Gasteiger partial charge < -0.3 is 5.73 Å². The van der Waals surface area contributed by atoms with Gasteiger partial charge in [-0.1, -0.05) is 6.92 Å². The van der Waals surface area contributed by atoms with Crippen LogP contribution in [0, 0.1) is 5.82 Å². The second-order valence-electron chi connectivity index (χ2n) is 5.04. The quantitative estimate of drug-likeness (QED) is 0.768. The molecule has 0 amide bonds. The van der Waals surface area contributed by atoms with Gasteiger partial charge in [0, 0.05) is 16.9 Å². The molecule has 0 spiro atoms. The highest BCUT2D eigenvalue weighted by Crippen LogP contribution is 2.41. The number of benzene rings is 1. The molecule has 1 aliphatic rings. The van der Waals surface area contributed by atoms with E-state index in [0.29, 0.717) is 0 Å². The Kier molecular flexibility index (Phi) is 2.54. The zero-order valence-corrected chi connectivity index (χ0v) is 11.3. The van der Waals surface area contributed by atoms with Gasteiger partial charge in [0.05, 0.1) is 11.2 Å². The first kappa shape index (κ1) is 11.8. The molecule has 1 aromatic heterocycles. The van der Waals surface area contributed by atoms with E-state index in [-0.39, 0.29) is 11.4 Å². The number of nitrogens with zero attached hydrogens (tertiary/aromatic N) is 1. The van der Waals surface area contributed by atoms with Crippen molar-refractivity contribution in [3.63, 3.8) is 0 Å². The number of rotatable bonds is 2. The summed E-state index contributed by atoms with van der Waals surface area (Å²) in [4.78, 5) is 5.88. The number of halogens is 1. The van der Waals surface area contributed by atoms with Crippen molar-refractivity contribution in [3.8, 4) is 11.3 Å². The topological polar surface area (TPSA) is 38.9 Å². The molecule has 2 N–H and O–H groups in total. The highest BCUT2D eigenvalue weighted by molar-refractivity contribution is 7.12. The van der Waals surface area contributed by atoms with Crippen LogP contribution >= 0.6 is 11.3 Å². The average Bonchev–Trinajstić information content (AvgIpc) is 2.85. The van der Waals surface area contributed by atoms with Crippen LogP contribution in [0.1, 0.15) is 35.7 Å². The molecule has 1 heterocycles. The third-order valence-corrected chi connectivity index (χ3v) is 4.93. The third-order valence-electron chi connectivity index (χ3n) is 3.59. The Morgan fingerprint density at radius 1 is 1.50 bits per heavy atom. The molecule has 3 rings (SSSR count). The SMILES string of the molecule is CCC(C)(N)c1nc2c(s1)Cc1cc(F)ccc1-2. The van der Waals surface area contributed by atoms with Gasteiger partial charge in [0.15, 0.2) is 0 Å². The first-order valence-corrected chi connectivity index (χ1v) is 6.91. The van der Waals surface area contributed by atoms with Crippen LogP contribution in [-0.2, 0) is 12.0 Å². The van der Waals surface area contributed by atoms with Crippen molar-refractivity contribution in [2.45, 2.75) is 32.2 Å². The van der Waals surface area contributed by atoms with Crippen molar-refractivity contribution in [2.24, 2.45) is 5.73 Å². The fourth-order valence-corrected chi connectivity index (χ4v) is 3.42. The van der Waals surface area contributed by atoms with Crippen molar-refractivity contribution in [1.82, 2.24) is 4.98 Å². The van der Waals surface area contributed by atoms with Gasteiger partial charge in [-0.15, -0.1) is 11.3 Å². The molecular formula is C14H15FN2S. The molecule has 0 radical (unpaired) electrons. The molecule has 0 bridgehead atoms. The van der Waals surface area contributed by atoms with Crippen LogP contribution in [-0.4, -0.2) is 4.98 Å². The number of aromatic nitrogens is 1. The zero-order valence-electron chi connectivity index (χ0n) is 10.5. The summed E-state index contributed by atoms with van der Waals surface area (Å²) in [7, 11) is 0. The summed E-state index contributed by atoms with van der Waals surface area (Å²) in [5.41, 5.74) is 8.95. The summed E-state index contributed by atoms with van der Waals surface area (Å²) < 4.78 is 13.2. The van der Waals surface area contributed by atoms with Crippen LogP contribution in [0.25, 0.3) is 11.3 Å². The van der Waals surface area contributed by atoms with Gasteiger partial charge >= 0.3 is 0 Å². The Bertz CT molecular complexity index is 616. The summed E-state index contributed by atoms with van der Waals surface area (Å²) in [6.45, 7) is 4.07. The summed E-state index contributed by atoms with van der Waals surface area (Å²) in [5.74, 6) is -0.179. The number of hydrogen-bond acceptors (Lipinski definition) is 3. The van der Waals surface area contributed by atoms with Crippen LogP contribution in [0.5, 0.6) is 0 Å². The van der Waals surface area contributed by atoms with E-state index in [9.17, 15) is 4.39 Å². The summed E-state index contributed by atoms with van der Waals surface area (Å²) >= 11 is 1.66. The Morgan fingerprint density at radius 2 is 2.28 bits per heavy atom. The molecule has 2 nitrogen and oxygen atoms in total. The van der Waals surface area contributed by atoms with Gasteiger partial charge in [-0.05, 0) is 37.1 Å². The van der Waals surface area contributed by atoms with Crippen LogP contribution in [0.4, 0.5) is 4.39 Å². The lowest BCUT2D eigenvalue weighted by Crippen LogP contribution is -2.31. The number of fused-ring (bicyclic) bond motifs is 3. The van der Waals surface area contributed by atoms with E-state index in [4.69, 9.17) is 5.73 Å². The first-order chi connectivity index (χ1) is 8.51. The second-order valence-corrected chi connectivity index (χ2v) is 6.12. The lowest BCUT2D eigenvalue weighted by atomic mass is 10.0. The van der Waals surface area contributed by atoms with Gasteiger partial charge in [-0.3, -0.25) is 0 Å². The zero-order chi connectivity index (χ0) is 12.9. The predicted octanol–water partition coefficient (Wildman–Crippen LogP) is 3.44. The van der Waals surface area contributed by atoms with Crippen molar-refractivity contribution < 1.29 is 4.39 Å². The van der Waals surface area contributed by atoms with E-state index < -0.39 is 0 Å².